The maximum Gasteiger partial charge on any atom is 0.00504 e. The normalized spacial score (nSPS) is 35.9. The van der Waals surface area contributed by atoms with E-state index in [9.17, 15) is 0 Å². The lowest BCUT2D eigenvalue weighted by molar-refractivity contribution is 0.0872. The molecule has 1 saturated heterocycles. The van der Waals surface area contributed by atoms with Crippen LogP contribution in [0.2, 0.25) is 0 Å². The number of hydrogen-bond acceptors (Lipinski definition) is 2. The van der Waals surface area contributed by atoms with E-state index >= 15 is 0 Å². The van der Waals surface area contributed by atoms with Crippen LogP contribution in [-0.4, -0.2) is 37.1 Å². The van der Waals surface area contributed by atoms with Crippen LogP contribution in [0.1, 0.15) is 66.2 Å². The Hall–Kier alpha value is -0.0800. The minimum atomic E-state index is 0.546. The van der Waals surface area contributed by atoms with Gasteiger partial charge in [0, 0.05) is 25.7 Å². The maximum absolute atomic E-state index is 3.75. The lowest BCUT2D eigenvalue weighted by Gasteiger charge is -2.43. The van der Waals surface area contributed by atoms with Gasteiger partial charge >= 0.3 is 0 Å². The first-order valence-electron chi connectivity index (χ1n) is 8.99. The zero-order valence-corrected chi connectivity index (χ0v) is 14.3. The molecule has 1 aliphatic carbocycles. The molecule has 0 spiro atoms. The number of likely N-dealkylation sites (tertiary alicyclic amines) is 1. The Balaban J connectivity index is 1.95. The van der Waals surface area contributed by atoms with E-state index in [0.717, 1.165) is 11.8 Å². The molecule has 2 nitrogen and oxygen atoms in total. The molecule has 1 saturated carbocycles. The Morgan fingerprint density at radius 3 is 2.70 bits per heavy atom. The van der Waals surface area contributed by atoms with Crippen molar-refractivity contribution in [2.24, 2.45) is 17.3 Å². The Kier molecular flexibility index (Phi) is 5.92. The second kappa shape index (κ2) is 7.26. The van der Waals surface area contributed by atoms with E-state index in [1.165, 1.54) is 64.7 Å². The predicted octanol–water partition coefficient (Wildman–Crippen LogP) is 3.91. The first-order valence-corrected chi connectivity index (χ1v) is 8.99. The van der Waals surface area contributed by atoms with Gasteiger partial charge < -0.3 is 10.2 Å². The van der Waals surface area contributed by atoms with Crippen LogP contribution in [0.4, 0.5) is 0 Å². The van der Waals surface area contributed by atoms with Gasteiger partial charge in [0.15, 0.2) is 0 Å². The fourth-order valence-electron chi connectivity index (χ4n) is 4.41. The first-order chi connectivity index (χ1) is 9.53. The number of nitrogens with one attached hydrogen (secondary N) is 1. The van der Waals surface area contributed by atoms with E-state index in [4.69, 9.17) is 0 Å². The van der Waals surface area contributed by atoms with Gasteiger partial charge in [0.25, 0.3) is 0 Å². The third-order valence-electron chi connectivity index (χ3n) is 5.58. The third-order valence-corrected chi connectivity index (χ3v) is 5.58. The molecule has 3 unspecified atom stereocenters. The molecule has 2 heteroatoms. The van der Waals surface area contributed by atoms with Crippen LogP contribution in [0.15, 0.2) is 0 Å². The Labute approximate surface area is 126 Å². The standard InChI is InChI=1S/C18H36N2/c1-5-17-8-10-20(12-17)14-18(13-19-15(2)3)9-6-7-16(4)11-18/h15-17,19H,5-14H2,1-4H3. The molecular weight excluding hydrogens is 244 g/mol. The molecule has 0 aromatic carbocycles. The van der Waals surface area contributed by atoms with E-state index in [1.54, 1.807) is 0 Å². The first kappa shape index (κ1) is 16.3. The minimum absolute atomic E-state index is 0.546. The molecule has 1 N–H and O–H groups in total. The summed E-state index contributed by atoms with van der Waals surface area (Å²) in [5.41, 5.74) is 0.546. The molecule has 2 rings (SSSR count). The quantitative estimate of drug-likeness (QED) is 0.793. The van der Waals surface area contributed by atoms with Gasteiger partial charge in [-0.1, -0.05) is 47.0 Å². The van der Waals surface area contributed by atoms with Gasteiger partial charge in [-0.25, -0.2) is 0 Å². The van der Waals surface area contributed by atoms with Crippen molar-refractivity contribution in [2.75, 3.05) is 26.2 Å². The van der Waals surface area contributed by atoms with Crippen molar-refractivity contribution in [2.45, 2.75) is 72.3 Å². The molecule has 2 fully saturated rings. The molecule has 2 aliphatic rings. The van der Waals surface area contributed by atoms with Gasteiger partial charge in [-0.15, -0.1) is 0 Å². The Morgan fingerprint density at radius 1 is 1.30 bits per heavy atom. The summed E-state index contributed by atoms with van der Waals surface area (Å²) >= 11 is 0. The molecule has 20 heavy (non-hydrogen) atoms. The summed E-state index contributed by atoms with van der Waals surface area (Å²) in [6, 6.07) is 0.617. The van der Waals surface area contributed by atoms with E-state index < -0.39 is 0 Å². The van der Waals surface area contributed by atoms with Crippen LogP contribution in [0.5, 0.6) is 0 Å². The van der Waals surface area contributed by atoms with Gasteiger partial charge in [-0.05, 0) is 43.1 Å². The smallest absolute Gasteiger partial charge is 0.00504 e. The molecule has 0 aromatic heterocycles. The summed E-state index contributed by atoms with van der Waals surface area (Å²) in [6.45, 7) is 14.6. The Morgan fingerprint density at radius 2 is 2.10 bits per heavy atom. The van der Waals surface area contributed by atoms with Crippen molar-refractivity contribution in [3.63, 3.8) is 0 Å². The fourth-order valence-corrected chi connectivity index (χ4v) is 4.41. The molecule has 1 heterocycles. The second-order valence-corrected chi connectivity index (χ2v) is 8.04. The van der Waals surface area contributed by atoms with Crippen LogP contribution in [0, 0.1) is 17.3 Å². The summed E-state index contributed by atoms with van der Waals surface area (Å²) in [5, 5.41) is 3.75. The molecule has 0 aromatic rings. The molecule has 0 amide bonds. The fraction of sp³-hybridized carbons (Fsp3) is 1.00. The van der Waals surface area contributed by atoms with Gasteiger partial charge in [0.1, 0.15) is 0 Å². The van der Waals surface area contributed by atoms with Crippen LogP contribution in [0.25, 0.3) is 0 Å². The highest BCUT2D eigenvalue weighted by Crippen LogP contribution is 2.40. The lowest BCUT2D eigenvalue weighted by Crippen LogP contribution is -2.47. The second-order valence-electron chi connectivity index (χ2n) is 8.04. The zero-order chi connectivity index (χ0) is 14.6. The van der Waals surface area contributed by atoms with E-state index in [2.05, 4.69) is 37.9 Å². The van der Waals surface area contributed by atoms with Crippen molar-refractivity contribution in [1.82, 2.24) is 10.2 Å². The van der Waals surface area contributed by atoms with Crippen molar-refractivity contribution in [3.05, 3.63) is 0 Å². The van der Waals surface area contributed by atoms with Crippen LogP contribution < -0.4 is 5.32 Å². The molecule has 118 valence electrons. The zero-order valence-electron chi connectivity index (χ0n) is 14.3. The van der Waals surface area contributed by atoms with Crippen molar-refractivity contribution >= 4 is 0 Å². The van der Waals surface area contributed by atoms with E-state index in [-0.39, 0.29) is 0 Å². The minimum Gasteiger partial charge on any atom is -0.314 e. The summed E-state index contributed by atoms with van der Waals surface area (Å²) in [5.74, 6) is 1.88. The van der Waals surface area contributed by atoms with Gasteiger partial charge in [0.05, 0.1) is 0 Å². The van der Waals surface area contributed by atoms with Crippen molar-refractivity contribution in [3.8, 4) is 0 Å². The summed E-state index contributed by atoms with van der Waals surface area (Å²) < 4.78 is 0. The van der Waals surface area contributed by atoms with Gasteiger partial charge in [-0.3, -0.25) is 0 Å². The third kappa shape index (κ3) is 4.46. The molecular formula is C18H36N2. The summed E-state index contributed by atoms with van der Waals surface area (Å²) in [7, 11) is 0. The van der Waals surface area contributed by atoms with Crippen molar-refractivity contribution in [1.29, 1.82) is 0 Å². The number of hydrogen-bond donors (Lipinski definition) is 1. The van der Waals surface area contributed by atoms with Crippen LogP contribution in [-0.2, 0) is 0 Å². The van der Waals surface area contributed by atoms with Crippen LogP contribution >= 0.6 is 0 Å². The SMILES string of the molecule is CCC1CCN(CC2(CNC(C)C)CCCC(C)C2)C1. The average molecular weight is 281 g/mol. The topological polar surface area (TPSA) is 15.3 Å². The highest BCUT2D eigenvalue weighted by molar-refractivity contribution is 4.92. The molecule has 1 aliphatic heterocycles. The molecule has 0 radical (unpaired) electrons. The number of rotatable bonds is 6. The van der Waals surface area contributed by atoms with Crippen molar-refractivity contribution < 1.29 is 0 Å². The highest BCUT2D eigenvalue weighted by atomic mass is 15.2. The summed E-state index contributed by atoms with van der Waals surface area (Å²) in [6.07, 6.45) is 8.54. The maximum atomic E-state index is 3.75. The average Bonchev–Trinajstić information content (AvgIpc) is 2.84. The van der Waals surface area contributed by atoms with Gasteiger partial charge in [-0.2, -0.15) is 0 Å². The number of nitrogens with zero attached hydrogens (tertiary/aromatic N) is 1. The molecule has 3 atom stereocenters. The monoisotopic (exact) mass is 280 g/mol. The van der Waals surface area contributed by atoms with E-state index in [0.29, 0.717) is 11.5 Å². The summed E-state index contributed by atoms with van der Waals surface area (Å²) in [4.78, 5) is 2.77. The van der Waals surface area contributed by atoms with E-state index in [1.807, 2.05) is 0 Å². The van der Waals surface area contributed by atoms with Crippen LogP contribution in [0.3, 0.4) is 0 Å². The predicted molar refractivity (Wildman–Crippen MR) is 88.0 cm³/mol. The molecule has 0 bridgehead atoms. The lowest BCUT2D eigenvalue weighted by atomic mass is 9.69. The van der Waals surface area contributed by atoms with Gasteiger partial charge in [0.2, 0.25) is 0 Å². The highest BCUT2D eigenvalue weighted by Gasteiger charge is 2.37. The largest absolute Gasteiger partial charge is 0.314 e. The Bertz CT molecular complexity index is 289.